The summed E-state index contributed by atoms with van der Waals surface area (Å²) in [5.74, 6) is -0.477. The molecule has 2 N–H and O–H groups in total. The molecule has 0 bridgehead atoms. The van der Waals surface area contributed by atoms with E-state index in [0.29, 0.717) is 0 Å². The number of aromatic nitrogens is 2. The fourth-order valence-corrected chi connectivity index (χ4v) is 1.99. The van der Waals surface area contributed by atoms with Gasteiger partial charge in [-0.2, -0.15) is 0 Å². The topological polar surface area (TPSA) is 75.1 Å². The number of carbonyl (C=O) groups is 1. The van der Waals surface area contributed by atoms with Gasteiger partial charge in [0, 0.05) is 0 Å². The summed E-state index contributed by atoms with van der Waals surface area (Å²) in [6.07, 6.45) is 0. The minimum absolute atomic E-state index is 0.0448. The van der Waals surface area contributed by atoms with E-state index in [2.05, 4.69) is 15.5 Å². The molecule has 1 heterocycles. The Labute approximate surface area is 125 Å². The van der Waals surface area contributed by atoms with Gasteiger partial charge in [-0.15, -0.1) is 10.2 Å². The molecule has 7 heteroatoms. The Hall–Kier alpha value is -1.69. The molecule has 0 saturated carbocycles. The maximum Gasteiger partial charge on any atom is 0.255 e. The molecule has 0 radical (unpaired) electrons. The van der Waals surface area contributed by atoms with Gasteiger partial charge in [0.1, 0.15) is 0 Å². The number of hydrogen-bond acceptors (Lipinski definition) is 4. The molecule has 5 nitrogen and oxygen atoms in total. The van der Waals surface area contributed by atoms with E-state index in [9.17, 15) is 9.90 Å². The SMILES string of the molecule is O=C(N[C@H](CO)c1ccccc1)c1cc(Cl)nnc1Cl. The lowest BCUT2D eigenvalue weighted by atomic mass is 10.1. The molecule has 1 aromatic heterocycles. The second-order valence-corrected chi connectivity index (χ2v) is 4.74. The lowest BCUT2D eigenvalue weighted by molar-refractivity contribution is 0.0916. The summed E-state index contributed by atoms with van der Waals surface area (Å²) in [7, 11) is 0. The molecule has 2 rings (SSSR count). The fourth-order valence-electron chi connectivity index (χ4n) is 1.67. The zero-order chi connectivity index (χ0) is 14.5. The van der Waals surface area contributed by atoms with Crippen molar-refractivity contribution in [2.24, 2.45) is 0 Å². The van der Waals surface area contributed by atoms with E-state index in [1.54, 1.807) is 12.1 Å². The molecule has 20 heavy (non-hydrogen) atoms. The third kappa shape index (κ3) is 3.45. The van der Waals surface area contributed by atoms with Crippen LogP contribution in [0, 0.1) is 0 Å². The Morgan fingerprint density at radius 3 is 2.60 bits per heavy atom. The molecule has 1 amide bonds. The maximum atomic E-state index is 12.1. The molecule has 0 saturated heterocycles. The highest BCUT2D eigenvalue weighted by molar-refractivity contribution is 6.34. The Bertz CT molecular complexity index is 608. The van der Waals surface area contributed by atoms with Crippen LogP contribution >= 0.6 is 23.2 Å². The average molecular weight is 312 g/mol. The number of nitrogens with zero attached hydrogens (tertiary/aromatic N) is 2. The van der Waals surface area contributed by atoms with Gasteiger partial charge in [-0.25, -0.2) is 0 Å². The highest BCUT2D eigenvalue weighted by Crippen LogP contribution is 2.18. The van der Waals surface area contributed by atoms with Gasteiger partial charge in [-0.05, 0) is 11.6 Å². The molecular formula is C13H11Cl2N3O2. The molecule has 0 spiro atoms. The van der Waals surface area contributed by atoms with E-state index >= 15 is 0 Å². The Kier molecular flexibility index (Phi) is 4.89. The average Bonchev–Trinajstić information content (AvgIpc) is 2.48. The number of aliphatic hydroxyl groups is 1. The lowest BCUT2D eigenvalue weighted by Crippen LogP contribution is -2.31. The van der Waals surface area contributed by atoms with E-state index in [4.69, 9.17) is 23.2 Å². The summed E-state index contributed by atoms with van der Waals surface area (Å²) in [5, 5.41) is 19.2. The second-order valence-electron chi connectivity index (χ2n) is 3.99. The first-order valence-electron chi connectivity index (χ1n) is 5.77. The van der Waals surface area contributed by atoms with Gasteiger partial charge in [0.05, 0.1) is 18.2 Å². The minimum atomic E-state index is -0.535. The summed E-state index contributed by atoms with van der Waals surface area (Å²) >= 11 is 11.5. The number of carbonyl (C=O) groups excluding carboxylic acids is 1. The Balaban J connectivity index is 2.20. The molecule has 0 aliphatic rings. The van der Waals surface area contributed by atoms with Gasteiger partial charge in [-0.3, -0.25) is 4.79 Å². The quantitative estimate of drug-likeness (QED) is 0.908. The molecule has 0 fully saturated rings. The standard InChI is InChI=1S/C13H11Cl2N3O2/c14-11-6-9(12(15)18-17-11)13(20)16-10(7-19)8-4-2-1-3-5-8/h1-6,10,19H,7H2,(H,16,20)/t10-/m1/s1. The Morgan fingerprint density at radius 1 is 1.25 bits per heavy atom. The first kappa shape index (κ1) is 14.7. The van der Waals surface area contributed by atoms with Gasteiger partial charge in [0.25, 0.3) is 5.91 Å². The van der Waals surface area contributed by atoms with E-state index in [0.717, 1.165) is 5.56 Å². The number of amides is 1. The summed E-state index contributed by atoms with van der Waals surface area (Å²) in [6, 6.07) is 9.90. The van der Waals surface area contributed by atoms with Crippen LogP contribution in [0.15, 0.2) is 36.4 Å². The zero-order valence-corrected chi connectivity index (χ0v) is 11.8. The number of halogens is 2. The van der Waals surface area contributed by atoms with Gasteiger partial charge in [0.15, 0.2) is 10.3 Å². The van der Waals surface area contributed by atoms with Gasteiger partial charge >= 0.3 is 0 Å². The van der Waals surface area contributed by atoms with Gasteiger partial charge < -0.3 is 10.4 Å². The van der Waals surface area contributed by atoms with Crippen molar-refractivity contribution in [1.82, 2.24) is 15.5 Å². The lowest BCUT2D eigenvalue weighted by Gasteiger charge is -2.16. The predicted molar refractivity (Wildman–Crippen MR) is 75.8 cm³/mol. The predicted octanol–water partition coefficient (Wildman–Crippen LogP) is 2.25. The molecule has 1 atom stereocenters. The van der Waals surface area contributed by atoms with E-state index in [-0.39, 0.29) is 22.5 Å². The van der Waals surface area contributed by atoms with Gasteiger partial charge in [0.2, 0.25) is 0 Å². The molecule has 2 aromatic rings. The van der Waals surface area contributed by atoms with Gasteiger partial charge in [-0.1, -0.05) is 53.5 Å². The first-order chi connectivity index (χ1) is 9.61. The van der Waals surface area contributed by atoms with E-state index in [1.165, 1.54) is 6.07 Å². The van der Waals surface area contributed by atoms with Crippen molar-refractivity contribution in [3.63, 3.8) is 0 Å². The Morgan fingerprint density at radius 2 is 1.95 bits per heavy atom. The first-order valence-corrected chi connectivity index (χ1v) is 6.53. The summed E-state index contributed by atoms with van der Waals surface area (Å²) in [4.78, 5) is 12.1. The van der Waals surface area contributed by atoms with E-state index in [1.807, 2.05) is 18.2 Å². The van der Waals surface area contributed by atoms with Crippen LogP contribution in [0.3, 0.4) is 0 Å². The van der Waals surface area contributed by atoms with Crippen molar-refractivity contribution in [1.29, 1.82) is 0 Å². The number of aliphatic hydroxyl groups excluding tert-OH is 1. The van der Waals surface area contributed by atoms with Crippen LogP contribution in [0.5, 0.6) is 0 Å². The summed E-state index contributed by atoms with van der Waals surface area (Å²) in [5.41, 5.74) is 0.897. The van der Waals surface area contributed by atoms with Crippen molar-refractivity contribution in [3.8, 4) is 0 Å². The van der Waals surface area contributed by atoms with Crippen molar-refractivity contribution in [2.75, 3.05) is 6.61 Å². The number of nitrogens with one attached hydrogen (secondary N) is 1. The van der Waals surface area contributed by atoms with E-state index < -0.39 is 11.9 Å². The van der Waals surface area contributed by atoms with Crippen molar-refractivity contribution in [2.45, 2.75) is 6.04 Å². The zero-order valence-electron chi connectivity index (χ0n) is 10.3. The van der Waals surface area contributed by atoms with Crippen LogP contribution in [0.4, 0.5) is 0 Å². The maximum absolute atomic E-state index is 12.1. The molecule has 0 unspecified atom stereocenters. The van der Waals surface area contributed by atoms with Crippen LogP contribution in [-0.4, -0.2) is 27.8 Å². The highest BCUT2D eigenvalue weighted by Gasteiger charge is 2.18. The number of hydrogen-bond donors (Lipinski definition) is 2. The minimum Gasteiger partial charge on any atom is -0.394 e. The molecule has 104 valence electrons. The number of benzene rings is 1. The van der Waals surface area contributed by atoms with Crippen LogP contribution in [0.25, 0.3) is 0 Å². The largest absolute Gasteiger partial charge is 0.394 e. The third-order valence-corrected chi connectivity index (χ3v) is 3.12. The smallest absolute Gasteiger partial charge is 0.255 e. The molecule has 0 aliphatic heterocycles. The highest BCUT2D eigenvalue weighted by atomic mass is 35.5. The van der Waals surface area contributed by atoms with Crippen LogP contribution in [0.2, 0.25) is 10.3 Å². The van der Waals surface area contributed by atoms with Crippen LogP contribution in [0.1, 0.15) is 22.0 Å². The second kappa shape index (κ2) is 6.65. The third-order valence-electron chi connectivity index (χ3n) is 2.65. The molecule has 1 aromatic carbocycles. The molecular weight excluding hydrogens is 301 g/mol. The normalized spacial score (nSPS) is 11.9. The fraction of sp³-hybridized carbons (Fsp3) is 0.154. The van der Waals surface area contributed by atoms with Crippen LogP contribution in [-0.2, 0) is 0 Å². The van der Waals surface area contributed by atoms with Crippen LogP contribution < -0.4 is 5.32 Å². The van der Waals surface area contributed by atoms with Crippen molar-refractivity contribution < 1.29 is 9.90 Å². The molecule has 0 aliphatic carbocycles. The van der Waals surface area contributed by atoms with Crippen molar-refractivity contribution in [3.05, 3.63) is 57.8 Å². The van der Waals surface area contributed by atoms with Crippen molar-refractivity contribution >= 4 is 29.1 Å². The summed E-state index contributed by atoms with van der Waals surface area (Å²) in [6.45, 7) is -0.236. The monoisotopic (exact) mass is 311 g/mol. The summed E-state index contributed by atoms with van der Waals surface area (Å²) < 4.78 is 0. The number of rotatable bonds is 4.